The maximum Gasteiger partial charge on any atom is 0.322 e. The van der Waals surface area contributed by atoms with Gasteiger partial charge in [-0.25, -0.2) is 4.79 Å². The van der Waals surface area contributed by atoms with Crippen LogP contribution in [0, 0.1) is 5.92 Å². The second kappa shape index (κ2) is 19.1. The summed E-state index contributed by atoms with van der Waals surface area (Å²) in [6.45, 7) is 10.5. The Bertz CT molecular complexity index is 1200. The zero-order valence-electron chi connectivity index (χ0n) is 27.5. The van der Waals surface area contributed by atoms with Gasteiger partial charge in [0.2, 0.25) is 5.91 Å². The molecule has 1 aliphatic rings. The molecule has 4 atom stereocenters. The van der Waals surface area contributed by atoms with E-state index in [2.05, 4.69) is 26.6 Å². The van der Waals surface area contributed by atoms with Crippen molar-refractivity contribution >= 4 is 47.3 Å². The van der Waals surface area contributed by atoms with Crippen molar-refractivity contribution in [2.75, 3.05) is 32.7 Å². The molecule has 2 rings (SSSR count). The van der Waals surface area contributed by atoms with Crippen molar-refractivity contribution in [3.8, 4) is 0 Å². The van der Waals surface area contributed by atoms with Crippen molar-refractivity contribution in [1.29, 1.82) is 0 Å². The standard InChI is InChI=1S/C32H50N6O7S/c1-6-9-16-33-26(40)22(28-37-25(30(43)44)32(4,5)46-28)20-23(39)24(21-14-12-11-13-15-21)36-31(45)35-18-19-38(8-3)29(42)27(41)34-17-10-7-2/h11-15,22,24-25,28,37H,6-10,16-20H2,1-5H3,(H,33,40)(H,34,41)(H,43,44)(H2,35,36,45)/t22-,24-,25+,28-/m1/s1. The van der Waals surface area contributed by atoms with Crippen molar-refractivity contribution in [2.45, 2.75) is 88.9 Å². The third-order valence-electron chi connectivity index (χ3n) is 7.73. The smallest absolute Gasteiger partial charge is 0.322 e. The predicted molar refractivity (Wildman–Crippen MR) is 177 cm³/mol. The average Bonchev–Trinajstić information content (AvgIpc) is 3.35. The van der Waals surface area contributed by atoms with Gasteiger partial charge in [-0.1, -0.05) is 57.0 Å². The van der Waals surface area contributed by atoms with Crippen LogP contribution in [-0.4, -0.2) is 94.4 Å². The Morgan fingerprint density at radius 3 is 2.13 bits per heavy atom. The highest BCUT2D eigenvalue weighted by atomic mass is 32.2. The fourth-order valence-corrected chi connectivity index (χ4v) is 6.58. The van der Waals surface area contributed by atoms with Crippen molar-refractivity contribution in [2.24, 2.45) is 5.92 Å². The minimum Gasteiger partial charge on any atom is -0.480 e. The van der Waals surface area contributed by atoms with E-state index in [1.54, 1.807) is 51.1 Å². The van der Waals surface area contributed by atoms with Gasteiger partial charge in [0.1, 0.15) is 12.1 Å². The molecule has 0 aliphatic carbocycles. The molecule has 1 heterocycles. The molecule has 14 heteroatoms. The molecule has 0 aromatic heterocycles. The number of carbonyl (C=O) groups excluding carboxylic acids is 5. The highest BCUT2D eigenvalue weighted by molar-refractivity contribution is 8.01. The number of unbranched alkanes of at least 4 members (excludes halogenated alkanes) is 2. The molecule has 1 aromatic carbocycles. The number of rotatable bonds is 18. The zero-order valence-corrected chi connectivity index (χ0v) is 28.3. The van der Waals surface area contributed by atoms with Gasteiger partial charge in [-0.2, -0.15) is 0 Å². The number of likely N-dealkylation sites (N-methyl/N-ethyl adjacent to an activating group) is 1. The van der Waals surface area contributed by atoms with Crippen molar-refractivity contribution in [3.05, 3.63) is 35.9 Å². The molecular formula is C32H50N6O7S. The lowest BCUT2D eigenvalue weighted by Crippen LogP contribution is -2.49. The van der Waals surface area contributed by atoms with Gasteiger partial charge in [0.25, 0.3) is 0 Å². The highest BCUT2D eigenvalue weighted by Gasteiger charge is 2.49. The summed E-state index contributed by atoms with van der Waals surface area (Å²) in [7, 11) is 0. The van der Waals surface area contributed by atoms with E-state index < -0.39 is 57.7 Å². The number of hydrogen-bond acceptors (Lipinski definition) is 8. The summed E-state index contributed by atoms with van der Waals surface area (Å²) >= 11 is 1.30. The molecule has 0 unspecified atom stereocenters. The third-order valence-corrected chi connectivity index (χ3v) is 9.30. The third kappa shape index (κ3) is 11.6. The lowest BCUT2D eigenvalue weighted by molar-refractivity contribution is -0.145. The second-order valence-electron chi connectivity index (χ2n) is 11.7. The number of thioether (sulfide) groups is 1. The van der Waals surface area contributed by atoms with Gasteiger partial charge in [0.15, 0.2) is 5.78 Å². The maximum absolute atomic E-state index is 13.9. The van der Waals surface area contributed by atoms with E-state index in [4.69, 9.17) is 0 Å². The molecule has 1 saturated heterocycles. The van der Waals surface area contributed by atoms with Crippen molar-refractivity contribution < 1.29 is 33.9 Å². The Labute approximate surface area is 275 Å². The number of ketones is 1. The van der Waals surface area contributed by atoms with Crippen molar-refractivity contribution in [3.63, 3.8) is 0 Å². The number of carboxylic acids is 1. The molecule has 1 aliphatic heterocycles. The molecule has 6 N–H and O–H groups in total. The fourth-order valence-electron chi connectivity index (χ4n) is 5.04. The molecule has 1 aromatic rings. The number of nitrogens with zero attached hydrogens (tertiary/aromatic N) is 1. The molecule has 0 bridgehead atoms. The summed E-state index contributed by atoms with van der Waals surface area (Å²) < 4.78 is -0.734. The van der Waals surface area contributed by atoms with Gasteiger partial charge in [-0.15, -0.1) is 11.8 Å². The SMILES string of the molecule is CCCCNC(=O)C(=O)N(CC)CCNC(=O)N[C@@H](C(=O)C[C@H](C(=O)NCCCC)[C@@H]1N[C@@H](C(=O)O)C(C)(C)S1)c1ccccc1. The predicted octanol–water partition coefficient (Wildman–Crippen LogP) is 2.18. The highest BCUT2D eigenvalue weighted by Crippen LogP contribution is 2.42. The van der Waals surface area contributed by atoms with Crippen LogP contribution in [0.3, 0.4) is 0 Å². The fraction of sp³-hybridized carbons (Fsp3) is 0.625. The van der Waals surface area contributed by atoms with E-state index in [-0.39, 0.29) is 32.0 Å². The Morgan fingerprint density at radius 1 is 0.935 bits per heavy atom. The van der Waals surface area contributed by atoms with Crippen LogP contribution in [-0.2, 0) is 24.0 Å². The monoisotopic (exact) mass is 662 g/mol. The van der Waals surface area contributed by atoms with Gasteiger partial charge in [0.05, 0.1) is 11.3 Å². The van der Waals surface area contributed by atoms with Gasteiger partial charge in [0, 0.05) is 43.9 Å². The van der Waals surface area contributed by atoms with E-state index in [0.29, 0.717) is 18.7 Å². The summed E-state index contributed by atoms with van der Waals surface area (Å²) in [5.74, 6) is -4.12. The number of amides is 5. The molecule has 5 amide bonds. The largest absolute Gasteiger partial charge is 0.480 e. The van der Waals surface area contributed by atoms with Gasteiger partial charge in [-0.05, 0) is 39.2 Å². The molecule has 1 fully saturated rings. The lowest BCUT2D eigenvalue weighted by Gasteiger charge is -2.26. The quantitative estimate of drug-likeness (QED) is 0.101. The van der Waals surface area contributed by atoms with E-state index in [9.17, 15) is 33.9 Å². The summed E-state index contributed by atoms with van der Waals surface area (Å²) in [4.78, 5) is 78.2. The van der Waals surface area contributed by atoms with Crippen LogP contribution in [0.15, 0.2) is 30.3 Å². The van der Waals surface area contributed by atoms with Crippen LogP contribution in [0.4, 0.5) is 4.79 Å². The Hall–Kier alpha value is -3.65. The van der Waals surface area contributed by atoms with Crippen LogP contribution in [0.2, 0.25) is 0 Å². The normalized spacial score (nSPS) is 18.1. The number of hydrogen-bond donors (Lipinski definition) is 6. The van der Waals surface area contributed by atoms with E-state index in [0.717, 1.165) is 25.7 Å². The summed E-state index contributed by atoms with van der Waals surface area (Å²) in [6, 6.07) is 5.94. The first-order valence-electron chi connectivity index (χ1n) is 16.0. The first-order chi connectivity index (χ1) is 21.9. The molecular weight excluding hydrogens is 612 g/mol. The Balaban J connectivity index is 2.16. The Morgan fingerprint density at radius 2 is 1.57 bits per heavy atom. The molecule has 0 spiro atoms. The van der Waals surface area contributed by atoms with Crippen LogP contribution in [0.5, 0.6) is 0 Å². The molecule has 256 valence electrons. The van der Waals surface area contributed by atoms with Gasteiger partial charge < -0.3 is 31.3 Å². The maximum atomic E-state index is 13.9. The van der Waals surface area contributed by atoms with Crippen LogP contribution in [0.25, 0.3) is 0 Å². The van der Waals surface area contributed by atoms with Crippen LogP contribution >= 0.6 is 11.8 Å². The number of carboxylic acid groups (broad SMARTS) is 1. The minimum absolute atomic E-state index is 0.0279. The number of benzene rings is 1. The average molecular weight is 663 g/mol. The number of nitrogens with one attached hydrogen (secondary N) is 5. The number of Topliss-reactive ketones (excluding diaryl/α,β-unsaturated/α-hetero) is 1. The van der Waals surface area contributed by atoms with Crippen LogP contribution in [0.1, 0.15) is 78.3 Å². The molecule has 0 saturated carbocycles. The molecule has 46 heavy (non-hydrogen) atoms. The number of urea groups is 1. The van der Waals surface area contributed by atoms with E-state index >= 15 is 0 Å². The van der Waals surface area contributed by atoms with E-state index in [1.165, 1.54) is 16.7 Å². The zero-order chi connectivity index (χ0) is 34.3. The molecule has 13 nitrogen and oxygen atoms in total. The second-order valence-corrected chi connectivity index (χ2v) is 13.5. The van der Waals surface area contributed by atoms with Gasteiger partial charge in [-0.3, -0.25) is 29.3 Å². The lowest BCUT2D eigenvalue weighted by atomic mass is 9.93. The van der Waals surface area contributed by atoms with Crippen molar-refractivity contribution in [1.82, 2.24) is 31.5 Å². The first-order valence-corrected chi connectivity index (χ1v) is 16.9. The first kappa shape index (κ1) is 38.5. The Kier molecular flexibility index (Phi) is 16.0. The van der Waals surface area contributed by atoms with Gasteiger partial charge >= 0.3 is 23.8 Å². The van der Waals surface area contributed by atoms with Crippen LogP contribution < -0.4 is 26.6 Å². The van der Waals surface area contributed by atoms with E-state index in [1.807, 2.05) is 13.8 Å². The molecule has 0 radical (unpaired) electrons. The topological polar surface area (TPSA) is 186 Å². The summed E-state index contributed by atoms with van der Waals surface area (Å²) in [5, 5.41) is 23.0. The minimum atomic E-state index is -1.10. The summed E-state index contributed by atoms with van der Waals surface area (Å²) in [6.07, 6.45) is 3.00. The number of carbonyl (C=O) groups is 6. The number of aliphatic carboxylic acids is 1. The summed E-state index contributed by atoms with van der Waals surface area (Å²) in [5.41, 5.74) is 0.512.